The molecule has 0 saturated carbocycles. The summed E-state index contributed by atoms with van der Waals surface area (Å²) in [5, 5.41) is 2.73. The topological polar surface area (TPSA) is 84.9 Å². The van der Waals surface area contributed by atoms with Crippen LogP contribution in [0.3, 0.4) is 0 Å². The van der Waals surface area contributed by atoms with Crippen LogP contribution in [0, 0.1) is 5.82 Å². The number of benzene rings is 3. The van der Waals surface area contributed by atoms with Crippen molar-refractivity contribution in [2.75, 3.05) is 24.1 Å². The molecule has 0 atom stereocenters. The van der Waals surface area contributed by atoms with Gasteiger partial charge in [-0.25, -0.2) is 12.8 Å². The quantitative estimate of drug-likeness (QED) is 0.441. The Morgan fingerprint density at radius 1 is 0.853 bits per heavy atom. The number of carbonyl (C=O) groups is 1. The van der Waals surface area contributed by atoms with Gasteiger partial charge in [-0.15, -0.1) is 0 Å². The van der Waals surface area contributed by atoms with Crippen molar-refractivity contribution >= 4 is 21.6 Å². The lowest BCUT2D eigenvalue weighted by atomic mass is 10.2. The van der Waals surface area contributed by atoms with E-state index in [1.165, 1.54) is 24.3 Å². The number of nitrogens with one attached hydrogen (secondary N) is 1. The molecule has 0 heterocycles. The van der Waals surface area contributed by atoms with Crippen LogP contribution in [0.25, 0.3) is 0 Å². The zero-order valence-electron chi connectivity index (χ0n) is 19.0. The van der Waals surface area contributed by atoms with E-state index >= 15 is 0 Å². The maximum Gasteiger partial charge on any atom is 0.264 e. The average Bonchev–Trinajstić information content (AvgIpc) is 2.83. The highest BCUT2D eigenvalue weighted by Gasteiger charge is 2.27. The molecule has 34 heavy (non-hydrogen) atoms. The van der Waals surface area contributed by atoms with E-state index in [0.717, 1.165) is 27.8 Å². The van der Waals surface area contributed by atoms with Crippen molar-refractivity contribution in [3.8, 4) is 11.5 Å². The first-order valence-corrected chi connectivity index (χ1v) is 12.3. The van der Waals surface area contributed by atoms with Gasteiger partial charge in [0.1, 0.15) is 23.9 Å². The number of anilines is 1. The summed E-state index contributed by atoms with van der Waals surface area (Å²) in [4.78, 5) is 12.7. The predicted molar refractivity (Wildman–Crippen MR) is 128 cm³/mol. The van der Waals surface area contributed by atoms with Crippen molar-refractivity contribution < 1.29 is 27.1 Å². The van der Waals surface area contributed by atoms with Crippen LogP contribution in [0.15, 0.2) is 77.7 Å². The molecule has 1 amide bonds. The highest BCUT2D eigenvalue weighted by Crippen LogP contribution is 2.25. The minimum atomic E-state index is -4.11. The van der Waals surface area contributed by atoms with Crippen LogP contribution >= 0.6 is 0 Å². The Labute approximate surface area is 199 Å². The van der Waals surface area contributed by atoms with Crippen molar-refractivity contribution in [3.05, 3.63) is 84.2 Å². The van der Waals surface area contributed by atoms with Crippen molar-refractivity contribution in [2.24, 2.45) is 0 Å². The van der Waals surface area contributed by atoms with Crippen molar-refractivity contribution in [1.82, 2.24) is 5.32 Å². The summed E-state index contributed by atoms with van der Waals surface area (Å²) in [6.07, 6.45) is 0. The highest BCUT2D eigenvalue weighted by atomic mass is 32.2. The van der Waals surface area contributed by atoms with Gasteiger partial charge < -0.3 is 14.8 Å². The van der Waals surface area contributed by atoms with Gasteiger partial charge in [0.2, 0.25) is 5.91 Å². The lowest BCUT2D eigenvalue weighted by Gasteiger charge is -2.24. The average molecular weight is 487 g/mol. The molecule has 0 aliphatic rings. The van der Waals surface area contributed by atoms with Gasteiger partial charge in [0.25, 0.3) is 10.0 Å². The van der Waals surface area contributed by atoms with Gasteiger partial charge in [0.05, 0.1) is 23.8 Å². The molecule has 180 valence electrons. The molecule has 0 bridgehead atoms. The van der Waals surface area contributed by atoms with Crippen LogP contribution in [0.2, 0.25) is 0 Å². The molecule has 0 fully saturated rings. The lowest BCUT2D eigenvalue weighted by molar-refractivity contribution is -0.119. The fourth-order valence-corrected chi connectivity index (χ4v) is 4.60. The van der Waals surface area contributed by atoms with Crippen LogP contribution in [0.5, 0.6) is 11.5 Å². The maximum atomic E-state index is 13.5. The Bertz CT molecular complexity index is 1180. The van der Waals surface area contributed by atoms with Gasteiger partial charge in [-0.05, 0) is 80.1 Å². The summed E-state index contributed by atoms with van der Waals surface area (Å²) in [6.45, 7) is 4.46. The van der Waals surface area contributed by atoms with Crippen molar-refractivity contribution in [2.45, 2.75) is 25.3 Å². The van der Waals surface area contributed by atoms with Gasteiger partial charge >= 0.3 is 0 Å². The van der Waals surface area contributed by atoms with Gasteiger partial charge in [0.15, 0.2) is 0 Å². The fourth-order valence-electron chi connectivity index (χ4n) is 3.18. The molecule has 0 saturated heterocycles. The number of amides is 1. The fraction of sp³-hybridized carbons (Fsp3) is 0.240. The molecular formula is C25H27FN2O5S. The van der Waals surface area contributed by atoms with E-state index in [2.05, 4.69) is 5.32 Å². The molecular weight excluding hydrogens is 459 g/mol. The summed E-state index contributed by atoms with van der Waals surface area (Å²) in [5.74, 6) is 0.235. The van der Waals surface area contributed by atoms with E-state index in [9.17, 15) is 17.6 Å². The largest absolute Gasteiger partial charge is 0.494 e. The molecule has 0 aliphatic carbocycles. The minimum absolute atomic E-state index is 0.0143. The first-order valence-electron chi connectivity index (χ1n) is 10.8. The number of carbonyl (C=O) groups excluding carboxylic acids is 1. The first-order chi connectivity index (χ1) is 16.3. The molecule has 0 unspecified atom stereocenters. The Morgan fingerprint density at radius 3 is 1.91 bits per heavy atom. The monoisotopic (exact) mass is 486 g/mol. The lowest BCUT2D eigenvalue weighted by Crippen LogP contribution is -2.40. The Kier molecular flexibility index (Phi) is 8.48. The van der Waals surface area contributed by atoms with E-state index < -0.39 is 28.3 Å². The summed E-state index contributed by atoms with van der Waals surface area (Å²) in [6, 6.07) is 18.1. The molecule has 9 heteroatoms. The third kappa shape index (κ3) is 6.48. The molecule has 0 aliphatic heterocycles. The van der Waals surface area contributed by atoms with E-state index in [1.807, 2.05) is 26.0 Å². The normalized spacial score (nSPS) is 11.0. The van der Waals surface area contributed by atoms with E-state index in [1.54, 1.807) is 24.3 Å². The number of nitrogens with zero attached hydrogens (tertiary/aromatic N) is 1. The molecule has 3 rings (SSSR count). The zero-order chi connectivity index (χ0) is 24.6. The molecule has 0 spiro atoms. The van der Waals surface area contributed by atoms with E-state index in [-0.39, 0.29) is 17.1 Å². The first kappa shape index (κ1) is 25.0. The molecule has 7 nitrogen and oxygen atoms in total. The van der Waals surface area contributed by atoms with E-state index in [4.69, 9.17) is 9.47 Å². The SMILES string of the molecule is CCOc1ccc(CNC(=O)CN(c2ccc(F)cc2)S(=O)(=O)c2ccc(OCC)cc2)cc1. The molecule has 0 aromatic heterocycles. The number of rotatable bonds is 11. The van der Waals surface area contributed by atoms with Crippen LogP contribution in [-0.4, -0.2) is 34.1 Å². The maximum absolute atomic E-state index is 13.5. The molecule has 3 aromatic carbocycles. The molecule has 3 aromatic rings. The number of sulfonamides is 1. The predicted octanol–water partition coefficient (Wildman–Crippen LogP) is 4.13. The van der Waals surface area contributed by atoms with Crippen LogP contribution in [0.4, 0.5) is 10.1 Å². The van der Waals surface area contributed by atoms with Gasteiger partial charge in [-0.1, -0.05) is 12.1 Å². The number of hydrogen-bond donors (Lipinski definition) is 1. The van der Waals surface area contributed by atoms with Crippen LogP contribution in [0.1, 0.15) is 19.4 Å². The summed E-state index contributed by atoms with van der Waals surface area (Å²) >= 11 is 0. The zero-order valence-corrected chi connectivity index (χ0v) is 19.8. The highest BCUT2D eigenvalue weighted by molar-refractivity contribution is 7.92. The second kappa shape index (κ2) is 11.5. The van der Waals surface area contributed by atoms with Gasteiger partial charge in [0, 0.05) is 6.54 Å². The Hall–Kier alpha value is -3.59. The minimum Gasteiger partial charge on any atom is -0.494 e. The summed E-state index contributed by atoms with van der Waals surface area (Å²) in [7, 11) is -4.11. The number of halogens is 1. The summed E-state index contributed by atoms with van der Waals surface area (Å²) in [5.41, 5.74) is 1.01. The third-order valence-electron chi connectivity index (χ3n) is 4.85. The standard InChI is InChI=1S/C25H27FN2O5S/c1-3-32-22-11-5-19(6-12-22)17-27-25(29)18-28(21-9-7-20(26)8-10-21)34(30,31)24-15-13-23(14-16-24)33-4-2/h5-16H,3-4,17-18H2,1-2H3,(H,27,29). The number of ether oxygens (including phenoxy) is 2. The Balaban J connectivity index is 1.78. The van der Waals surface area contributed by atoms with E-state index in [0.29, 0.717) is 19.0 Å². The third-order valence-corrected chi connectivity index (χ3v) is 6.64. The van der Waals surface area contributed by atoms with Crippen molar-refractivity contribution in [3.63, 3.8) is 0 Å². The number of hydrogen-bond acceptors (Lipinski definition) is 5. The molecule has 0 radical (unpaired) electrons. The van der Waals surface area contributed by atoms with Gasteiger partial charge in [-0.2, -0.15) is 0 Å². The van der Waals surface area contributed by atoms with Gasteiger partial charge in [-0.3, -0.25) is 9.10 Å². The Morgan fingerprint density at radius 2 is 1.38 bits per heavy atom. The van der Waals surface area contributed by atoms with Crippen LogP contribution in [-0.2, 0) is 21.4 Å². The second-order valence-electron chi connectivity index (χ2n) is 7.25. The second-order valence-corrected chi connectivity index (χ2v) is 9.11. The summed E-state index contributed by atoms with van der Waals surface area (Å²) < 4.78 is 52.0. The smallest absolute Gasteiger partial charge is 0.264 e. The molecule has 1 N–H and O–H groups in total. The van der Waals surface area contributed by atoms with Crippen molar-refractivity contribution in [1.29, 1.82) is 0 Å². The van der Waals surface area contributed by atoms with Crippen LogP contribution < -0.4 is 19.1 Å².